The van der Waals surface area contributed by atoms with E-state index >= 15 is 0 Å². The van der Waals surface area contributed by atoms with Crippen molar-refractivity contribution in [2.24, 2.45) is 0 Å². The molecule has 23 heavy (non-hydrogen) atoms. The standard InChI is InChI=1S/C15H21BF3N2O2/c1-15(2,3)23-14(22)21-8-6-11(7-9-21)13-5-4-12(10-20-13)16(17,18)19/h4-5,10-11H,6-9H2,1-3H3/q-1. The maximum absolute atomic E-state index is 12.6. The predicted octanol–water partition coefficient (Wildman–Crippen LogP) is 3.25. The van der Waals surface area contributed by atoms with Gasteiger partial charge in [-0.1, -0.05) is 11.5 Å². The molecule has 0 spiro atoms. The summed E-state index contributed by atoms with van der Waals surface area (Å²) in [5, 5.41) is 0. The van der Waals surface area contributed by atoms with Crippen LogP contribution in [0.25, 0.3) is 0 Å². The fourth-order valence-corrected chi connectivity index (χ4v) is 2.54. The quantitative estimate of drug-likeness (QED) is 0.782. The number of amides is 1. The normalized spacial score (nSPS) is 17.2. The number of carbonyl (C=O) groups excluding carboxylic acids is 1. The van der Waals surface area contributed by atoms with Crippen LogP contribution in [0.15, 0.2) is 18.3 Å². The van der Waals surface area contributed by atoms with Crippen molar-refractivity contribution in [3.05, 3.63) is 24.0 Å². The van der Waals surface area contributed by atoms with Gasteiger partial charge in [0.05, 0.1) is 0 Å². The van der Waals surface area contributed by atoms with E-state index in [2.05, 4.69) is 4.98 Å². The van der Waals surface area contributed by atoms with Gasteiger partial charge in [-0.25, -0.2) is 4.79 Å². The fourth-order valence-electron chi connectivity index (χ4n) is 2.54. The number of hydrogen-bond acceptors (Lipinski definition) is 3. The number of hydrogen-bond donors (Lipinski definition) is 0. The number of piperidine rings is 1. The molecule has 0 saturated carbocycles. The van der Waals surface area contributed by atoms with E-state index in [1.165, 1.54) is 6.07 Å². The van der Waals surface area contributed by atoms with Crippen LogP contribution in [-0.2, 0) is 4.74 Å². The van der Waals surface area contributed by atoms with Gasteiger partial charge in [-0.15, -0.1) is 0 Å². The van der Waals surface area contributed by atoms with E-state index in [0.717, 1.165) is 12.3 Å². The number of rotatable bonds is 2. The van der Waals surface area contributed by atoms with Crippen LogP contribution >= 0.6 is 0 Å². The van der Waals surface area contributed by atoms with Crippen LogP contribution in [-0.4, -0.2) is 41.6 Å². The van der Waals surface area contributed by atoms with Crippen LogP contribution in [0.2, 0.25) is 0 Å². The molecule has 1 saturated heterocycles. The molecule has 0 N–H and O–H groups in total. The lowest BCUT2D eigenvalue weighted by molar-refractivity contribution is 0.0204. The van der Waals surface area contributed by atoms with Crippen molar-refractivity contribution in [3.63, 3.8) is 0 Å². The molecule has 0 bridgehead atoms. The van der Waals surface area contributed by atoms with Crippen LogP contribution in [0.3, 0.4) is 0 Å². The first-order valence-electron chi connectivity index (χ1n) is 7.70. The third-order valence-electron chi connectivity index (χ3n) is 3.75. The Labute approximate surface area is 134 Å². The summed E-state index contributed by atoms with van der Waals surface area (Å²) < 4.78 is 43.1. The van der Waals surface area contributed by atoms with Gasteiger partial charge < -0.3 is 22.6 Å². The van der Waals surface area contributed by atoms with Crippen LogP contribution < -0.4 is 5.46 Å². The molecule has 8 heteroatoms. The maximum Gasteiger partial charge on any atom is 0.511 e. The van der Waals surface area contributed by atoms with Crippen LogP contribution in [0.1, 0.15) is 45.2 Å². The minimum atomic E-state index is -5.01. The third-order valence-corrected chi connectivity index (χ3v) is 3.75. The third kappa shape index (κ3) is 4.87. The Morgan fingerprint density at radius 3 is 2.30 bits per heavy atom. The summed E-state index contributed by atoms with van der Waals surface area (Å²) >= 11 is 0. The molecule has 1 fully saturated rings. The van der Waals surface area contributed by atoms with Gasteiger partial charge in [0.25, 0.3) is 0 Å². The van der Waals surface area contributed by atoms with Gasteiger partial charge in [0, 0.05) is 30.9 Å². The number of aromatic nitrogens is 1. The minimum Gasteiger partial charge on any atom is -0.445 e. The van der Waals surface area contributed by atoms with Crippen molar-refractivity contribution in [1.29, 1.82) is 0 Å². The predicted molar refractivity (Wildman–Crippen MR) is 82.7 cm³/mol. The zero-order chi connectivity index (χ0) is 17.3. The Morgan fingerprint density at radius 2 is 1.87 bits per heavy atom. The highest BCUT2D eigenvalue weighted by atomic mass is 19.4. The molecule has 0 radical (unpaired) electrons. The summed E-state index contributed by atoms with van der Waals surface area (Å²) in [5.41, 5.74) is -0.567. The molecule has 0 unspecified atom stereocenters. The van der Waals surface area contributed by atoms with Crippen LogP contribution in [0, 0.1) is 0 Å². The molecular formula is C15H21BF3N2O2-. The van der Waals surface area contributed by atoms with Gasteiger partial charge in [0.1, 0.15) is 5.60 Å². The summed E-state index contributed by atoms with van der Waals surface area (Å²) in [6.07, 6.45) is 1.89. The van der Waals surface area contributed by atoms with Gasteiger partial charge >= 0.3 is 13.1 Å². The minimum absolute atomic E-state index is 0.0727. The first-order valence-corrected chi connectivity index (χ1v) is 7.70. The molecule has 1 aromatic heterocycles. The Bertz CT molecular complexity index is 547. The molecule has 0 aromatic carbocycles. The SMILES string of the molecule is CC(C)(C)OC(=O)N1CCC(c2ccc([B-](F)(F)F)cn2)CC1. The Balaban J connectivity index is 1.93. The van der Waals surface area contributed by atoms with Crippen molar-refractivity contribution >= 4 is 18.5 Å². The van der Waals surface area contributed by atoms with E-state index in [1.807, 2.05) is 20.8 Å². The molecule has 0 aliphatic carbocycles. The molecule has 4 nitrogen and oxygen atoms in total. The van der Waals surface area contributed by atoms with Crippen molar-refractivity contribution in [2.75, 3.05) is 13.1 Å². The van der Waals surface area contributed by atoms with Gasteiger partial charge in [-0.2, -0.15) is 0 Å². The van der Waals surface area contributed by atoms with Crippen LogP contribution in [0.5, 0.6) is 0 Å². The van der Waals surface area contributed by atoms with Crippen LogP contribution in [0.4, 0.5) is 17.7 Å². The molecule has 2 heterocycles. The molecule has 128 valence electrons. The number of halogens is 3. The molecule has 2 rings (SSSR count). The van der Waals surface area contributed by atoms with Gasteiger partial charge in [0.15, 0.2) is 0 Å². The molecule has 1 aliphatic heterocycles. The first-order chi connectivity index (χ1) is 10.6. The smallest absolute Gasteiger partial charge is 0.445 e. The summed E-state index contributed by atoms with van der Waals surface area (Å²) in [4.78, 5) is 17.6. The average Bonchev–Trinajstić information content (AvgIpc) is 2.45. The first kappa shape index (κ1) is 17.6. The second-order valence-electron chi connectivity index (χ2n) is 6.83. The second kappa shape index (κ2) is 6.41. The summed E-state index contributed by atoms with van der Waals surface area (Å²) in [7, 11) is 0. The lowest BCUT2D eigenvalue weighted by Crippen LogP contribution is -2.41. The molecule has 1 aromatic rings. The molecule has 1 aliphatic rings. The summed E-state index contributed by atoms with van der Waals surface area (Å²) in [5.74, 6) is 0.0727. The lowest BCUT2D eigenvalue weighted by atomic mass is 9.81. The lowest BCUT2D eigenvalue weighted by Gasteiger charge is -2.33. The molecule has 1 amide bonds. The van der Waals surface area contributed by atoms with Crippen molar-refractivity contribution < 1.29 is 22.5 Å². The second-order valence-corrected chi connectivity index (χ2v) is 6.83. The zero-order valence-electron chi connectivity index (χ0n) is 13.6. The van der Waals surface area contributed by atoms with E-state index in [1.54, 1.807) is 4.90 Å². The number of ether oxygens (including phenoxy) is 1. The molecule has 0 atom stereocenters. The average molecular weight is 329 g/mol. The topological polar surface area (TPSA) is 42.4 Å². The van der Waals surface area contributed by atoms with E-state index in [9.17, 15) is 17.7 Å². The van der Waals surface area contributed by atoms with Gasteiger partial charge in [-0.3, -0.25) is 4.98 Å². The molecular weight excluding hydrogens is 308 g/mol. The van der Waals surface area contributed by atoms with Crippen molar-refractivity contribution in [1.82, 2.24) is 9.88 Å². The van der Waals surface area contributed by atoms with Gasteiger partial charge in [-0.05, 0) is 39.7 Å². The van der Waals surface area contributed by atoms with Crippen molar-refractivity contribution in [2.45, 2.75) is 45.1 Å². The van der Waals surface area contributed by atoms with E-state index < -0.39 is 18.0 Å². The summed E-state index contributed by atoms with van der Waals surface area (Å²) in [6, 6.07) is 2.53. The largest absolute Gasteiger partial charge is 0.511 e. The highest BCUT2D eigenvalue weighted by molar-refractivity contribution is 6.73. The Morgan fingerprint density at radius 1 is 1.26 bits per heavy atom. The van der Waals surface area contributed by atoms with E-state index in [4.69, 9.17) is 4.74 Å². The zero-order valence-corrected chi connectivity index (χ0v) is 13.6. The highest BCUT2D eigenvalue weighted by Gasteiger charge is 2.29. The number of likely N-dealkylation sites (tertiary alicyclic amines) is 1. The Kier molecular flexibility index (Phi) is 4.91. The van der Waals surface area contributed by atoms with E-state index in [-0.39, 0.29) is 12.0 Å². The Hall–Kier alpha value is -1.73. The van der Waals surface area contributed by atoms with E-state index in [0.29, 0.717) is 31.6 Å². The summed E-state index contributed by atoms with van der Waals surface area (Å²) in [6.45, 7) is 1.47. The maximum atomic E-state index is 12.6. The monoisotopic (exact) mass is 329 g/mol. The number of nitrogens with zero attached hydrogens (tertiary/aromatic N) is 2. The van der Waals surface area contributed by atoms with Gasteiger partial charge in [0.2, 0.25) is 0 Å². The fraction of sp³-hybridized carbons (Fsp3) is 0.600. The number of pyridine rings is 1. The number of carbonyl (C=O) groups is 1. The van der Waals surface area contributed by atoms with Crippen molar-refractivity contribution in [3.8, 4) is 0 Å². The highest BCUT2D eigenvalue weighted by Crippen LogP contribution is 2.27.